The number of carbonyl (C=O) groups excluding carboxylic acids is 1. The summed E-state index contributed by atoms with van der Waals surface area (Å²) < 4.78 is 10.7. The van der Waals surface area contributed by atoms with Crippen molar-refractivity contribution in [3.63, 3.8) is 0 Å². The number of amides is 2. The molecule has 0 radical (unpaired) electrons. The van der Waals surface area contributed by atoms with Crippen LogP contribution in [0.25, 0.3) is 0 Å². The largest absolute Gasteiger partial charge is 0.468 e. The lowest BCUT2D eigenvalue weighted by atomic mass is 10.2. The van der Waals surface area contributed by atoms with Gasteiger partial charge in [0.2, 0.25) is 0 Å². The van der Waals surface area contributed by atoms with E-state index in [1.165, 1.54) is 0 Å². The number of hydrogen-bond donors (Lipinski definition) is 2. The fourth-order valence-corrected chi connectivity index (χ4v) is 2.42. The first kappa shape index (κ1) is 16.8. The minimum atomic E-state index is -0.147. The second-order valence-corrected chi connectivity index (χ2v) is 5.59. The summed E-state index contributed by atoms with van der Waals surface area (Å²) in [5.74, 6) is 0.846. The summed E-state index contributed by atoms with van der Waals surface area (Å²) >= 11 is 0. The number of ether oxygens (including phenoxy) is 1. The van der Waals surface area contributed by atoms with E-state index >= 15 is 0 Å². The van der Waals surface area contributed by atoms with Gasteiger partial charge in [-0.15, -0.1) is 0 Å². The van der Waals surface area contributed by atoms with Crippen LogP contribution in [0.2, 0.25) is 0 Å². The Morgan fingerprint density at radius 2 is 2.14 bits per heavy atom. The van der Waals surface area contributed by atoms with E-state index in [0.29, 0.717) is 13.1 Å². The Labute approximate surface area is 131 Å². The molecule has 1 aromatic heterocycles. The van der Waals surface area contributed by atoms with Crippen LogP contribution in [0.3, 0.4) is 0 Å². The van der Waals surface area contributed by atoms with Crippen LogP contribution in [0, 0.1) is 0 Å². The topological polar surface area (TPSA) is 70.0 Å². The van der Waals surface area contributed by atoms with E-state index in [1.807, 2.05) is 31.1 Å². The molecule has 2 rings (SSSR count). The highest BCUT2D eigenvalue weighted by molar-refractivity contribution is 5.73. The molecule has 22 heavy (non-hydrogen) atoms. The lowest BCUT2D eigenvalue weighted by Gasteiger charge is -2.26. The molecule has 1 unspecified atom stereocenters. The van der Waals surface area contributed by atoms with Crippen molar-refractivity contribution in [2.75, 3.05) is 60.0 Å². The third kappa shape index (κ3) is 5.32. The zero-order chi connectivity index (χ0) is 15.8. The zero-order valence-electron chi connectivity index (χ0n) is 13.4. The molecular formula is C15H26N4O3. The molecule has 2 heterocycles. The summed E-state index contributed by atoms with van der Waals surface area (Å²) in [6.45, 7) is 5.42. The Morgan fingerprint density at radius 3 is 2.77 bits per heavy atom. The molecule has 1 fully saturated rings. The van der Waals surface area contributed by atoms with Crippen LogP contribution >= 0.6 is 0 Å². The molecule has 1 saturated heterocycles. The van der Waals surface area contributed by atoms with E-state index in [-0.39, 0.29) is 12.1 Å². The van der Waals surface area contributed by atoms with Crippen LogP contribution in [-0.2, 0) is 4.74 Å². The van der Waals surface area contributed by atoms with Crippen LogP contribution in [0.5, 0.6) is 0 Å². The van der Waals surface area contributed by atoms with Gasteiger partial charge >= 0.3 is 6.03 Å². The maximum absolute atomic E-state index is 11.9. The van der Waals surface area contributed by atoms with Gasteiger partial charge in [0.05, 0.1) is 25.5 Å². The zero-order valence-corrected chi connectivity index (χ0v) is 13.4. The molecule has 7 nitrogen and oxygen atoms in total. The lowest BCUT2D eigenvalue weighted by molar-refractivity contribution is 0.0387. The predicted molar refractivity (Wildman–Crippen MR) is 83.8 cm³/mol. The number of nitrogens with zero attached hydrogens (tertiary/aromatic N) is 2. The van der Waals surface area contributed by atoms with Crippen LogP contribution in [0.15, 0.2) is 22.8 Å². The first-order valence-corrected chi connectivity index (χ1v) is 7.68. The second kappa shape index (κ2) is 8.77. The minimum Gasteiger partial charge on any atom is -0.468 e. The molecule has 1 aromatic rings. The lowest BCUT2D eigenvalue weighted by Crippen LogP contribution is -2.45. The molecule has 0 saturated carbocycles. The van der Waals surface area contributed by atoms with Crippen LogP contribution in [-0.4, -0.2) is 75.9 Å². The molecule has 0 aliphatic carbocycles. The molecule has 1 aliphatic rings. The van der Waals surface area contributed by atoms with Gasteiger partial charge in [0.15, 0.2) is 0 Å². The molecule has 2 amide bonds. The average molecular weight is 310 g/mol. The van der Waals surface area contributed by atoms with Crippen molar-refractivity contribution in [3.8, 4) is 0 Å². The van der Waals surface area contributed by atoms with Gasteiger partial charge in [0.25, 0.3) is 0 Å². The van der Waals surface area contributed by atoms with Crippen molar-refractivity contribution in [2.45, 2.75) is 6.04 Å². The van der Waals surface area contributed by atoms with Gasteiger partial charge in [-0.2, -0.15) is 0 Å². The number of carbonyl (C=O) groups is 1. The number of rotatable bonds is 7. The standard InChI is InChI=1S/C15H26N4O3/c1-18(2)13(14-4-3-9-22-14)12-17-15(20)16-5-6-19-7-10-21-11-8-19/h3-4,9,13H,5-8,10-12H2,1-2H3,(H2,16,17,20). The Bertz CT molecular complexity index is 430. The maximum Gasteiger partial charge on any atom is 0.314 e. The Kier molecular flexibility index (Phi) is 6.70. The average Bonchev–Trinajstić information content (AvgIpc) is 3.02. The second-order valence-electron chi connectivity index (χ2n) is 5.59. The monoisotopic (exact) mass is 310 g/mol. The molecule has 1 aliphatic heterocycles. The van der Waals surface area contributed by atoms with Gasteiger partial charge in [-0.25, -0.2) is 4.79 Å². The van der Waals surface area contributed by atoms with E-state index in [4.69, 9.17) is 9.15 Å². The van der Waals surface area contributed by atoms with Gasteiger partial charge in [0.1, 0.15) is 5.76 Å². The predicted octanol–water partition coefficient (Wildman–Crippen LogP) is 0.514. The van der Waals surface area contributed by atoms with Gasteiger partial charge in [-0.1, -0.05) is 0 Å². The highest BCUT2D eigenvalue weighted by Gasteiger charge is 2.17. The van der Waals surface area contributed by atoms with E-state index in [0.717, 1.165) is 38.6 Å². The van der Waals surface area contributed by atoms with Crippen molar-refractivity contribution >= 4 is 6.03 Å². The fraction of sp³-hybridized carbons (Fsp3) is 0.667. The molecule has 0 aromatic carbocycles. The van der Waals surface area contributed by atoms with Gasteiger partial charge in [0, 0.05) is 32.7 Å². The molecule has 1 atom stereocenters. The fourth-order valence-electron chi connectivity index (χ4n) is 2.42. The van der Waals surface area contributed by atoms with Crippen molar-refractivity contribution in [2.24, 2.45) is 0 Å². The van der Waals surface area contributed by atoms with Crippen molar-refractivity contribution in [3.05, 3.63) is 24.2 Å². The van der Waals surface area contributed by atoms with E-state index in [9.17, 15) is 4.79 Å². The number of morpholine rings is 1. The summed E-state index contributed by atoms with van der Waals surface area (Å²) in [6, 6.07) is 3.66. The van der Waals surface area contributed by atoms with Gasteiger partial charge in [-0.05, 0) is 26.2 Å². The maximum atomic E-state index is 11.9. The van der Waals surface area contributed by atoms with E-state index in [1.54, 1.807) is 6.26 Å². The highest BCUT2D eigenvalue weighted by atomic mass is 16.5. The van der Waals surface area contributed by atoms with E-state index in [2.05, 4.69) is 15.5 Å². The molecule has 2 N–H and O–H groups in total. The number of likely N-dealkylation sites (N-methyl/N-ethyl adjacent to an activating group) is 1. The molecule has 0 bridgehead atoms. The number of nitrogens with one attached hydrogen (secondary N) is 2. The first-order valence-electron chi connectivity index (χ1n) is 7.68. The number of urea groups is 1. The SMILES string of the molecule is CN(C)C(CNC(=O)NCCN1CCOCC1)c1ccco1. The van der Waals surface area contributed by atoms with Crippen LogP contribution in [0.4, 0.5) is 4.79 Å². The van der Waals surface area contributed by atoms with Crippen molar-refractivity contribution in [1.82, 2.24) is 20.4 Å². The van der Waals surface area contributed by atoms with Gasteiger partial charge in [-0.3, -0.25) is 9.80 Å². The molecular weight excluding hydrogens is 284 g/mol. The Hall–Kier alpha value is -1.57. The smallest absolute Gasteiger partial charge is 0.314 e. The number of furan rings is 1. The van der Waals surface area contributed by atoms with Crippen LogP contribution < -0.4 is 10.6 Å². The molecule has 7 heteroatoms. The Morgan fingerprint density at radius 1 is 1.36 bits per heavy atom. The molecule has 0 spiro atoms. The Balaban J connectivity index is 1.65. The normalized spacial score (nSPS) is 17.4. The minimum absolute atomic E-state index is 0.0278. The summed E-state index contributed by atoms with van der Waals surface area (Å²) in [4.78, 5) is 16.2. The van der Waals surface area contributed by atoms with Gasteiger partial charge < -0.3 is 19.8 Å². The summed E-state index contributed by atoms with van der Waals surface area (Å²) in [5.41, 5.74) is 0. The summed E-state index contributed by atoms with van der Waals surface area (Å²) in [6.07, 6.45) is 1.65. The summed E-state index contributed by atoms with van der Waals surface area (Å²) in [5, 5.41) is 5.78. The highest BCUT2D eigenvalue weighted by Crippen LogP contribution is 2.17. The van der Waals surface area contributed by atoms with Crippen molar-refractivity contribution < 1.29 is 13.9 Å². The third-order valence-corrected chi connectivity index (χ3v) is 3.77. The van der Waals surface area contributed by atoms with Crippen molar-refractivity contribution in [1.29, 1.82) is 0 Å². The third-order valence-electron chi connectivity index (χ3n) is 3.77. The quantitative estimate of drug-likeness (QED) is 0.768. The van der Waals surface area contributed by atoms with E-state index < -0.39 is 0 Å². The molecule has 124 valence electrons. The number of hydrogen-bond acceptors (Lipinski definition) is 5. The first-order chi connectivity index (χ1) is 10.7. The summed E-state index contributed by atoms with van der Waals surface area (Å²) in [7, 11) is 3.93. The van der Waals surface area contributed by atoms with Crippen LogP contribution in [0.1, 0.15) is 11.8 Å².